The monoisotopic (exact) mass is 311 g/mol. The normalized spacial score (nSPS) is 26.7. The van der Waals surface area contributed by atoms with Crippen molar-refractivity contribution in [3.63, 3.8) is 0 Å². The van der Waals surface area contributed by atoms with Gasteiger partial charge in [-0.3, -0.25) is 4.79 Å². The van der Waals surface area contributed by atoms with Gasteiger partial charge in [-0.25, -0.2) is 0 Å². The molecule has 122 valence electrons. The minimum Gasteiger partial charge on any atom is -0.493 e. The highest BCUT2D eigenvalue weighted by molar-refractivity contribution is 5.92. The van der Waals surface area contributed by atoms with Gasteiger partial charge in [0.05, 0.1) is 6.61 Å². The lowest BCUT2D eigenvalue weighted by Crippen LogP contribution is -2.49. The van der Waals surface area contributed by atoms with Gasteiger partial charge < -0.3 is 9.64 Å². The van der Waals surface area contributed by atoms with Crippen LogP contribution in [0, 0.1) is 5.92 Å². The lowest BCUT2D eigenvalue weighted by atomic mass is 9.78. The van der Waals surface area contributed by atoms with Crippen LogP contribution in [0.5, 0.6) is 5.75 Å². The molecule has 1 aromatic rings. The van der Waals surface area contributed by atoms with Crippen LogP contribution in [0.3, 0.4) is 0 Å². The molecule has 1 amide bonds. The molecule has 2 heterocycles. The van der Waals surface area contributed by atoms with E-state index in [-0.39, 0.29) is 5.91 Å². The molecule has 3 aliphatic rings. The van der Waals surface area contributed by atoms with Crippen LogP contribution in [0.15, 0.2) is 24.3 Å². The van der Waals surface area contributed by atoms with E-state index in [4.69, 9.17) is 4.74 Å². The van der Waals surface area contributed by atoms with Gasteiger partial charge in [0, 0.05) is 25.1 Å². The highest BCUT2D eigenvalue weighted by atomic mass is 16.5. The van der Waals surface area contributed by atoms with E-state index in [1.54, 1.807) is 6.08 Å². The van der Waals surface area contributed by atoms with Gasteiger partial charge in [0.15, 0.2) is 0 Å². The third-order valence-electron chi connectivity index (χ3n) is 5.66. The standard InChI is InChI=1S/C20H25NO2/c22-20(21-12-3-5-16-4-1-2-6-18(16)21)10-8-15-7-9-19-17(14-15)11-13-23-19/h7-10,14,16,18H,1-6,11-13H2/b10-8+. The van der Waals surface area contributed by atoms with Crippen molar-refractivity contribution in [2.24, 2.45) is 5.92 Å². The van der Waals surface area contributed by atoms with Crippen LogP contribution in [0.25, 0.3) is 6.08 Å². The number of carbonyl (C=O) groups excluding carboxylic acids is 1. The zero-order chi connectivity index (χ0) is 15.6. The second-order valence-corrected chi connectivity index (χ2v) is 7.08. The Labute approximate surface area is 138 Å². The Morgan fingerprint density at radius 3 is 3.00 bits per heavy atom. The van der Waals surface area contributed by atoms with Gasteiger partial charge in [0.2, 0.25) is 5.91 Å². The van der Waals surface area contributed by atoms with Crippen molar-refractivity contribution in [3.05, 3.63) is 35.4 Å². The van der Waals surface area contributed by atoms with E-state index in [0.717, 1.165) is 43.2 Å². The molecule has 0 spiro atoms. The molecule has 1 aromatic carbocycles. The van der Waals surface area contributed by atoms with Crippen LogP contribution in [0.1, 0.15) is 49.7 Å². The number of carbonyl (C=O) groups is 1. The first-order valence-corrected chi connectivity index (χ1v) is 9.06. The maximum Gasteiger partial charge on any atom is 0.246 e. The summed E-state index contributed by atoms with van der Waals surface area (Å²) in [5.74, 6) is 1.93. The van der Waals surface area contributed by atoms with Gasteiger partial charge in [-0.05, 0) is 60.9 Å². The average molecular weight is 311 g/mol. The van der Waals surface area contributed by atoms with E-state index in [2.05, 4.69) is 11.0 Å². The van der Waals surface area contributed by atoms with Crippen LogP contribution in [-0.4, -0.2) is 30.0 Å². The van der Waals surface area contributed by atoms with Crippen molar-refractivity contribution in [3.8, 4) is 5.75 Å². The number of piperidine rings is 1. The first-order valence-electron chi connectivity index (χ1n) is 9.06. The Morgan fingerprint density at radius 1 is 1.17 bits per heavy atom. The van der Waals surface area contributed by atoms with Crippen molar-refractivity contribution >= 4 is 12.0 Å². The van der Waals surface area contributed by atoms with Crippen LogP contribution in [0.4, 0.5) is 0 Å². The van der Waals surface area contributed by atoms with Crippen LogP contribution >= 0.6 is 0 Å². The maximum absolute atomic E-state index is 12.7. The summed E-state index contributed by atoms with van der Waals surface area (Å²) in [6.07, 6.45) is 12.3. The molecular formula is C20H25NO2. The van der Waals surface area contributed by atoms with Gasteiger partial charge in [-0.15, -0.1) is 0 Å². The average Bonchev–Trinajstić information content (AvgIpc) is 3.07. The summed E-state index contributed by atoms with van der Waals surface area (Å²) in [4.78, 5) is 14.8. The second kappa shape index (κ2) is 6.38. The van der Waals surface area contributed by atoms with Crippen molar-refractivity contribution in [2.75, 3.05) is 13.2 Å². The minimum absolute atomic E-state index is 0.193. The molecule has 2 aliphatic heterocycles. The predicted molar refractivity (Wildman–Crippen MR) is 91.4 cm³/mol. The topological polar surface area (TPSA) is 29.5 Å². The van der Waals surface area contributed by atoms with Gasteiger partial charge in [-0.1, -0.05) is 18.9 Å². The third-order valence-corrected chi connectivity index (χ3v) is 5.66. The first-order chi connectivity index (χ1) is 11.3. The predicted octanol–water partition coefficient (Wildman–Crippen LogP) is 3.82. The number of ether oxygens (including phenoxy) is 1. The molecule has 0 bridgehead atoms. The van der Waals surface area contributed by atoms with Crippen molar-refractivity contribution in [1.82, 2.24) is 4.90 Å². The molecule has 0 N–H and O–H groups in total. The van der Waals surface area contributed by atoms with E-state index in [1.165, 1.54) is 37.7 Å². The SMILES string of the molecule is O=C(/C=C/c1ccc2c(c1)CCO2)N1CCCC2CCCCC21. The molecule has 23 heavy (non-hydrogen) atoms. The summed E-state index contributed by atoms with van der Waals surface area (Å²) in [6.45, 7) is 1.71. The molecular weight excluding hydrogens is 286 g/mol. The molecule has 3 nitrogen and oxygen atoms in total. The summed E-state index contributed by atoms with van der Waals surface area (Å²) in [5, 5.41) is 0. The van der Waals surface area contributed by atoms with E-state index in [9.17, 15) is 4.79 Å². The second-order valence-electron chi connectivity index (χ2n) is 7.08. The molecule has 0 aromatic heterocycles. The number of rotatable bonds is 2. The molecule has 1 aliphatic carbocycles. The molecule has 2 unspecified atom stereocenters. The molecule has 2 fully saturated rings. The van der Waals surface area contributed by atoms with Crippen molar-refractivity contribution in [2.45, 2.75) is 51.0 Å². The van der Waals surface area contributed by atoms with Crippen LogP contribution < -0.4 is 4.74 Å². The summed E-state index contributed by atoms with van der Waals surface area (Å²) in [6, 6.07) is 6.69. The lowest BCUT2D eigenvalue weighted by Gasteiger charge is -2.43. The number of amides is 1. The zero-order valence-electron chi connectivity index (χ0n) is 13.7. The summed E-state index contributed by atoms with van der Waals surface area (Å²) in [7, 11) is 0. The summed E-state index contributed by atoms with van der Waals surface area (Å²) in [5.41, 5.74) is 2.35. The summed E-state index contributed by atoms with van der Waals surface area (Å²) < 4.78 is 5.53. The fourth-order valence-corrected chi connectivity index (χ4v) is 4.47. The third kappa shape index (κ3) is 3.01. The van der Waals surface area contributed by atoms with Gasteiger partial charge in [0.1, 0.15) is 5.75 Å². The van der Waals surface area contributed by atoms with Crippen LogP contribution in [0.2, 0.25) is 0 Å². The first kappa shape index (κ1) is 14.8. The molecule has 3 heteroatoms. The number of benzene rings is 1. The number of fused-ring (bicyclic) bond motifs is 2. The Hall–Kier alpha value is -1.77. The quantitative estimate of drug-likeness (QED) is 0.777. The molecule has 1 saturated heterocycles. The van der Waals surface area contributed by atoms with Gasteiger partial charge >= 0.3 is 0 Å². The number of hydrogen-bond acceptors (Lipinski definition) is 2. The molecule has 4 rings (SSSR count). The van der Waals surface area contributed by atoms with E-state index in [0.29, 0.717) is 6.04 Å². The molecule has 0 radical (unpaired) electrons. The fraction of sp³-hybridized carbons (Fsp3) is 0.550. The molecule has 1 saturated carbocycles. The largest absolute Gasteiger partial charge is 0.493 e. The van der Waals surface area contributed by atoms with E-state index >= 15 is 0 Å². The fourth-order valence-electron chi connectivity index (χ4n) is 4.47. The number of hydrogen-bond donors (Lipinski definition) is 0. The Balaban J connectivity index is 1.46. The van der Waals surface area contributed by atoms with Gasteiger partial charge in [-0.2, -0.15) is 0 Å². The Bertz CT molecular complexity index is 620. The van der Waals surface area contributed by atoms with E-state index in [1.807, 2.05) is 18.2 Å². The Kier molecular flexibility index (Phi) is 4.11. The summed E-state index contributed by atoms with van der Waals surface area (Å²) >= 11 is 0. The number of likely N-dealkylation sites (tertiary alicyclic amines) is 1. The molecule has 2 atom stereocenters. The lowest BCUT2D eigenvalue weighted by molar-refractivity contribution is -0.132. The van der Waals surface area contributed by atoms with Gasteiger partial charge in [0.25, 0.3) is 0 Å². The van der Waals surface area contributed by atoms with Crippen molar-refractivity contribution in [1.29, 1.82) is 0 Å². The maximum atomic E-state index is 12.7. The smallest absolute Gasteiger partial charge is 0.246 e. The Morgan fingerprint density at radius 2 is 2.04 bits per heavy atom. The highest BCUT2D eigenvalue weighted by Crippen LogP contribution is 2.35. The van der Waals surface area contributed by atoms with E-state index < -0.39 is 0 Å². The highest BCUT2D eigenvalue weighted by Gasteiger charge is 2.34. The van der Waals surface area contributed by atoms with Crippen molar-refractivity contribution < 1.29 is 9.53 Å². The van der Waals surface area contributed by atoms with Crippen LogP contribution in [-0.2, 0) is 11.2 Å². The zero-order valence-corrected chi connectivity index (χ0v) is 13.7. The minimum atomic E-state index is 0.193. The number of nitrogens with zero attached hydrogens (tertiary/aromatic N) is 1.